The molecule has 156 valence electrons. The molecule has 1 aliphatic heterocycles. The number of hydrogen-bond donors (Lipinski definition) is 1. The molecule has 2 heterocycles. The maximum absolute atomic E-state index is 13.8. The monoisotopic (exact) mass is 413 g/mol. The average Bonchev–Trinajstić information content (AvgIpc) is 3.19. The highest BCUT2D eigenvalue weighted by Gasteiger charge is 2.29. The molecule has 2 amide bonds. The van der Waals surface area contributed by atoms with Gasteiger partial charge in [-0.2, -0.15) is 0 Å². The Morgan fingerprint density at radius 3 is 2.33 bits per heavy atom. The number of carbonyl (C=O) groups is 2. The van der Waals surface area contributed by atoms with Crippen molar-refractivity contribution in [1.82, 2.24) is 9.80 Å². The van der Waals surface area contributed by atoms with Crippen LogP contribution in [-0.2, 0) is 4.79 Å². The second-order valence-corrected chi connectivity index (χ2v) is 7.24. The number of hydrogen-bond acceptors (Lipinski definition) is 4. The summed E-state index contributed by atoms with van der Waals surface area (Å²) >= 11 is 0. The van der Waals surface area contributed by atoms with Crippen LogP contribution in [0.15, 0.2) is 52.9 Å². The number of carbonyl (C=O) groups excluding carboxylic acids is 2. The highest BCUT2D eigenvalue weighted by molar-refractivity contribution is 5.96. The van der Waals surface area contributed by atoms with Gasteiger partial charge in [0.2, 0.25) is 5.91 Å². The van der Waals surface area contributed by atoms with Crippen molar-refractivity contribution in [3.8, 4) is 0 Å². The van der Waals surface area contributed by atoms with Crippen LogP contribution in [0.5, 0.6) is 0 Å². The third-order valence-corrected chi connectivity index (χ3v) is 5.38. The van der Waals surface area contributed by atoms with Gasteiger partial charge in [0.1, 0.15) is 22.9 Å². The summed E-state index contributed by atoms with van der Waals surface area (Å²) in [6, 6.07) is 12.0. The first-order valence-electron chi connectivity index (χ1n) is 9.71. The van der Waals surface area contributed by atoms with Crippen LogP contribution in [0, 0.1) is 11.6 Å². The minimum absolute atomic E-state index is 0.198. The molecule has 1 aliphatic rings. The van der Waals surface area contributed by atoms with E-state index in [9.17, 15) is 18.4 Å². The lowest BCUT2D eigenvalue weighted by molar-refractivity contribution is -0.121. The molecule has 0 bridgehead atoms. The highest BCUT2D eigenvalue weighted by Crippen LogP contribution is 2.22. The number of para-hydroxylation sites is 2. The van der Waals surface area contributed by atoms with Gasteiger partial charge in [-0.25, -0.2) is 8.78 Å². The van der Waals surface area contributed by atoms with E-state index >= 15 is 0 Å². The number of nitrogens with zero attached hydrogens (tertiary/aromatic N) is 2. The largest absolute Gasteiger partial charge is 0.451 e. The molecule has 1 aromatic heterocycles. The van der Waals surface area contributed by atoms with Crippen LogP contribution in [0.3, 0.4) is 0 Å². The second kappa shape index (κ2) is 8.23. The Kier molecular flexibility index (Phi) is 5.50. The Bertz CT molecular complexity index is 1040. The van der Waals surface area contributed by atoms with Crippen LogP contribution in [0.25, 0.3) is 11.0 Å². The first kappa shape index (κ1) is 20.0. The zero-order valence-corrected chi connectivity index (χ0v) is 16.4. The fourth-order valence-electron chi connectivity index (χ4n) is 3.57. The van der Waals surface area contributed by atoms with E-state index < -0.39 is 29.3 Å². The highest BCUT2D eigenvalue weighted by atomic mass is 19.1. The van der Waals surface area contributed by atoms with Crippen molar-refractivity contribution in [3.05, 3.63) is 65.9 Å². The number of furan rings is 1. The van der Waals surface area contributed by atoms with Gasteiger partial charge in [0.05, 0.1) is 6.04 Å². The first-order chi connectivity index (χ1) is 14.4. The summed E-state index contributed by atoms with van der Waals surface area (Å²) in [6.07, 6.45) is 0. The molecular formula is C22H21F2N3O3. The zero-order chi connectivity index (χ0) is 21.3. The summed E-state index contributed by atoms with van der Waals surface area (Å²) < 4.78 is 33.2. The summed E-state index contributed by atoms with van der Waals surface area (Å²) in [5, 5.41) is 3.19. The van der Waals surface area contributed by atoms with E-state index in [0.717, 1.165) is 17.5 Å². The molecule has 1 fully saturated rings. The number of anilines is 1. The molecule has 6 nitrogen and oxygen atoms in total. The van der Waals surface area contributed by atoms with Crippen LogP contribution in [0.2, 0.25) is 0 Å². The predicted molar refractivity (Wildman–Crippen MR) is 108 cm³/mol. The smallest absolute Gasteiger partial charge is 0.289 e. The van der Waals surface area contributed by atoms with Crippen molar-refractivity contribution in [2.45, 2.75) is 13.0 Å². The van der Waals surface area contributed by atoms with Gasteiger partial charge in [0.15, 0.2) is 5.76 Å². The van der Waals surface area contributed by atoms with E-state index in [1.54, 1.807) is 17.9 Å². The van der Waals surface area contributed by atoms with Crippen molar-refractivity contribution in [1.29, 1.82) is 0 Å². The van der Waals surface area contributed by atoms with Gasteiger partial charge in [-0.05, 0) is 31.2 Å². The quantitative estimate of drug-likeness (QED) is 0.711. The van der Waals surface area contributed by atoms with Gasteiger partial charge < -0.3 is 14.6 Å². The van der Waals surface area contributed by atoms with E-state index in [-0.39, 0.29) is 11.7 Å². The maximum atomic E-state index is 13.8. The van der Waals surface area contributed by atoms with E-state index in [1.165, 1.54) is 6.07 Å². The minimum Gasteiger partial charge on any atom is -0.451 e. The number of rotatable bonds is 4. The Morgan fingerprint density at radius 2 is 1.67 bits per heavy atom. The first-order valence-corrected chi connectivity index (χ1v) is 9.71. The van der Waals surface area contributed by atoms with E-state index in [0.29, 0.717) is 31.8 Å². The molecule has 1 atom stereocenters. The maximum Gasteiger partial charge on any atom is 0.289 e. The molecule has 0 aliphatic carbocycles. The van der Waals surface area contributed by atoms with Crippen LogP contribution >= 0.6 is 0 Å². The summed E-state index contributed by atoms with van der Waals surface area (Å²) in [4.78, 5) is 28.8. The van der Waals surface area contributed by atoms with E-state index in [4.69, 9.17) is 4.42 Å². The van der Waals surface area contributed by atoms with Gasteiger partial charge in [-0.3, -0.25) is 14.5 Å². The molecule has 1 N–H and O–H groups in total. The normalized spacial score (nSPS) is 15.9. The third-order valence-electron chi connectivity index (χ3n) is 5.38. The minimum atomic E-state index is -0.822. The van der Waals surface area contributed by atoms with Gasteiger partial charge >= 0.3 is 0 Å². The SMILES string of the molecule is CC(C(=O)Nc1c(F)cccc1F)N1CCN(C(=O)c2cc3ccccc3o2)CC1. The molecule has 3 aromatic rings. The number of benzene rings is 2. The Balaban J connectivity index is 1.36. The summed E-state index contributed by atoms with van der Waals surface area (Å²) in [5.41, 5.74) is 0.207. The molecule has 0 radical (unpaired) electrons. The van der Waals surface area contributed by atoms with Gasteiger partial charge in [0.25, 0.3) is 5.91 Å². The number of piperazine rings is 1. The predicted octanol–water partition coefficient (Wildman–Crippen LogP) is 3.50. The van der Waals surface area contributed by atoms with Crippen LogP contribution in [0.4, 0.5) is 14.5 Å². The lowest BCUT2D eigenvalue weighted by Gasteiger charge is -2.37. The molecule has 2 aromatic carbocycles. The summed E-state index contributed by atoms with van der Waals surface area (Å²) in [5.74, 6) is -2.06. The Labute approximate surface area is 172 Å². The van der Waals surface area contributed by atoms with Crippen LogP contribution < -0.4 is 5.32 Å². The Hall–Kier alpha value is -3.26. The topological polar surface area (TPSA) is 65.8 Å². The molecule has 1 saturated heterocycles. The van der Waals surface area contributed by atoms with Crippen molar-refractivity contribution < 1.29 is 22.8 Å². The fraction of sp³-hybridized carbons (Fsp3) is 0.273. The zero-order valence-electron chi connectivity index (χ0n) is 16.4. The third kappa shape index (κ3) is 3.91. The molecule has 4 rings (SSSR count). The summed E-state index contributed by atoms with van der Waals surface area (Å²) in [7, 11) is 0. The molecular weight excluding hydrogens is 392 g/mol. The molecule has 0 saturated carbocycles. The van der Waals surface area contributed by atoms with Gasteiger partial charge in [-0.15, -0.1) is 0 Å². The number of nitrogens with one attached hydrogen (secondary N) is 1. The number of amides is 2. The van der Waals surface area contributed by atoms with Crippen molar-refractivity contribution in [2.24, 2.45) is 0 Å². The Morgan fingerprint density at radius 1 is 1.00 bits per heavy atom. The lowest BCUT2D eigenvalue weighted by Crippen LogP contribution is -2.54. The lowest BCUT2D eigenvalue weighted by atomic mass is 10.2. The van der Waals surface area contributed by atoms with Crippen LogP contribution in [-0.4, -0.2) is 53.8 Å². The van der Waals surface area contributed by atoms with E-state index in [1.807, 2.05) is 29.2 Å². The average molecular weight is 413 g/mol. The standard InChI is InChI=1S/C22H21F2N3O3/c1-14(21(28)25-20-16(23)6-4-7-17(20)24)26-9-11-27(12-10-26)22(29)19-13-15-5-2-3-8-18(15)30-19/h2-8,13-14H,9-12H2,1H3,(H,25,28). The van der Waals surface area contributed by atoms with Crippen LogP contribution in [0.1, 0.15) is 17.5 Å². The summed E-state index contributed by atoms with van der Waals surface area (Å²) in [6.45, 7) is 3.43. The van der Waals surface area contributed by atoms with Gasteiger partial charge in [0, 0.05) is 31.6 Å². The molecule has 1 unspecified atom stereocenters. The van der Waals surface area contributed by atoms with Crippen molar-refractivity contribution in [2.75, 3.05) is 31.5 Å². The van der Waals surface area contributed by atoms with Crippen molar-refractivity contribution in [3.63, 3.8) is 0 Å². The molecule has 30 heavy (non-hydrogen) atoms. The molecule has 8 heteroatoms. The van der Waals surface area contributed by atoms with Crippen molar-refractivity contribution >= 4 is 28.5 Å². The molecule has 0 spiro atoms. The number of halogens is 2. The second-order valence-electron chi connectivity index (χ2n) is 7.24. The number of fused-ring (bicyclic) bond motifs is 1. The van der Waals surface area contributed by atoms with Gasteiger partial charge in [-0.1, -0.05) is 24.3 Å². The van der Waals surface area contributed by atoms with E-state index in [2.05, 4.69) is 5.32 Å². The fourth-order valence-corrected chi connectivity index (χ4v) is 3.57.